The van der Waals surface area contributed by atoms with Gasteiger partial charge in [-0.05, 0) is 31.0 Å². The summed E-state index contributed by atoms with van der Waals surface area (Å²) in [7, 11) is 0. The molecule has 2 rings (SSSR count). The third-order valence-electron chi connectivity index (χ3n) is 3.30. The maximum Gasteiger partial charge on any atom is 0.308 e. The summed E-state index contributed by atoms with van der Waals surface area (Å²) in [4.78, 5) is 24.8. The Bertz CT molecular complexity index is 548. The first-order valence-corrected chi connectivity index (χ1v) is 6.14. The largest absolute Gasteiger partial charge is 0.481 e. The molecule has 1 aromatic rings. The van der Waals surface area contributed by atoms with E-state index < -0.39 is 11.9 Å². The number of benzene rings is 1. The second-order valence-electron chi connectivity index (χ2n) is 4.62. The summed E-state index contributed by atoms with van der Waals surface area (Å²) in [6.45, 7) is 0.810. The third-order valence-corrected chi connectivity index (χ3v) is 3.30. The van der Waals surface area contributed by atoms with E-state index in [1.807, 2.05) is 6.07 Å². The number of nitrogens with zero attached hydrogens (tertiary/aromatic N) is 2. The first kappa shape index (κ1) is 13.1. The minimum absolute atomic E-state index is 0.206. The van der Waals surface area contributed by atoms with E-state index in [1.165, 1.54) is 6.07 Å². The van der Waals surface area contributed by atoms with E-state index in [9.17, 15) is 9.59 Å². The Morgan fingerprint density at radius 3 is 2.89 bits per heavy atom. The zero-order chi connectivity index (χ0) is 13.8. The van der Waals surface area contributed by atoms with Gasteiger partial charge >= 0.3 is 5.97 Å². The summed E-state index contributed by atoms with van der Waals surface area (Å²) in [6, 6.07) is 8.46. The number of likely N-dealkylation sites (tertiary alicyclic amines) is 1. The van der Waals surface area contributed by atoms with Crippen molar-refractivity contribution in [2.45, 2.75) is 12.8 Å². The van der Waals surface area contributed by atoms with E-state index in [2.05, 4.69) is 0 Å². The van der Waals surface area contributed by atoms with Crippen molar-refractivity contribution >= 4 is 11.9 Å². The average molecular weight is 258 g/mol. The van der Waals surface area contributed by atoms with Gasteiger partial charge in [0, 0.05) is 18.7 Å². The van der Waals surface area contributed by atoms with Crippen LogP contribution in [0.3, 0.4) is 0 Å². The van der Waals surface area contributed by atoms with Gasteiger partial charge in [-0.1, -0.05) is 6.07 Å². The second kappa shape index (κ2) is 5.53. The Balaban J connectivity index is 2.15. The van der Waals surface area contributed by atoms with Crippen molar-refractivity contribution < 1.29 is 14.7 Å². The smallest absolute Gasteiger partial charge is 0.308 e. The maximum atomic E-state index is 12.3. The van der Waals surface area contributed by atoms with Crippen molar-refractivity contribution in [3.05, 3.63) is 35.4 Å². The fourth-order valence-corrected chi connectivity index (χ4v) is 2.27. The van der Waals surface area contributed by atoms with Crippen LogP contribution in [0.25, 0.3) is 0 Å². The highest BCUT2D eigenvalue weighted by Crippen LogP contribution is 2.19. The number of carbonyl (C=O) groups is 2. The number of carboxylic acids is 1. The maximum absolute atomic E-state index is 12.3. The molecule has 1 atom stereocenters. The molecule has 1 heterocycles. The van der Waals surface area contributed by atoms with E-state index in [0.29, 0.717) is 30.5 Å². The molecule has 5 nitrogen and oxygen atoms in total. The number of piperidine rings is 1. The zero-order valence-corrected chi connectivity index (χ0v) is 10.4. The van der Waals surface area contributed by atoms with Gasteiger partial charge in [0.15, 0.2) is 0 Å². The molecule has 1 saturated heterocycles. The van der Waals surface area contributed by atoms with Crippen LogP contribution >= 0.6 is 0 Å². The topological polar surface area (TPSA) is 81.4 Å². The van der Waals surface area contributed by atoms with Crippen LogP contribution in [0.2, 0.25) is 0 Å². The Morgan fingerprint density at radius 1 is 1.42 bits per heavy atom. The summed E-state index contributed by atoms with van der Waals surface area (Å²) in [6.07, 6.45) is 1.30. The molecule has 98 valence electrons. The predicted octanol–water partition coefficient (Wildman–Crippen LogP) is 1.50. The minimum atomic E-state index is -0.858. The molecule has 1 fully saturated rings. The lowest BCUT2D eigenvalue weighted by Gasteiger charge is -2.30. The van der Waals surface area contributed by atoms with Crippen LogP contribution < -0.4 is 0 Å². The van der Waals surface area contributed by atoms with Crippen LogP contribution in [0.4, 0.5) is 0 Å². The molecule has 0 aliphatic carbocycles. The number of aliphatic carboxylic acids is 1. The Labute approximate surface area is 111 Å². The van der Waals surface area contributed by atoms with Gasteiger partial charge in [-0.2, -0.15) is 5.26 Å². The number of carboxylic acid groups (broad SMARTS) is 1. The molecular weight excluding hydrogens is 244 g/mol. The van der Waals surface area contributed by atoms with Crippen molar-refractivity contribution in [1.29, 1.82) is 5.26 Å². The molecule has 1 aliphatic rings. The predicted molar refractivity (Wildman–Crippen MR) is 67.4 cm³/mol. The molecule has 1 amide bonds. The standard InChI is InChI=1S/C14H14N2O3/c15-8-10-3-1-4-11(7-10)13(17)16-6-2-5-12(9-16)14(18)19/h1,3-4,7,12H,2,5-6,9H2,(H,18,19)/t12-/m1/s1. The minimum Gasteiger partial charge on any atom is -0.481 e. The summed E-state index contributed by atoms with van der Waals surface area (Å²) in [5.41, 5.74) is 0.864. The molecule has 0 spiro atoms. The van der Waals surface area contributed by atoms with Gasteiger partial charge in [-0.15, -0.1) is 0 Å². The van der Waals surface area contributed by atoms with Crippen LogP contribution in [0.5, 0.6) is 0 Å². The highest BCUT2D eigenvalue weighted by molar-refractivity contribution is 5.94. The molecule has 19 heavy (non-hydrogen) atoms. The van der Waals surface area contributed by atoms with Gasteiger partial charge < -0.3 is 10.0 Å². The monoisotopic (exact) mass is 258 g/mol. The average Bonchev–Trinajstić information content (AvgIpc) is 2.46. The van der Waals surface area contributed by atoms with Crippen molar-refractivity contribution in [2.24, 2.45) is 5.92 Å². The van der Waals surface area contributed by atoms with E-state index in [-0.39, 0.29) is 12.5 Å². The highest BCUT2D eigenvalue weighted by Gasteiger charge is 2.28. The molecule has 0 radical (unpaired) electrons. The van der Waals surface area contributed by atoms with Gasteiger partial charge in [-0.3, -0.25) is 9.59 Å². The lowest BCUT2D eigenvalue weighted by molar-refractivity contribution is -0.143. The molecule has 0 unspecified atom stereocenters. The Morgan fingerprint density at radius 2 is 2.21 bits per heavy atom. The number of nitriles is 1. The highest BCUT2D eigenvalue weighted by atomic mass is 16.4. The molecule has 5 heteroatoms. The molecule has 1 aliphatic heterocycles. The van der Waals surface area contributed by atoms with Gasteiger partial charge in [0.1, 0.15) is 0 Å². The molecule has 0 saturated carbocycles. The molecule has 1 aromatic carbocycles. The van der Waals surface area contributed by atoms with Crippen molar-refractivity contribution in [2.75, 3.05) is 13.1 Å². The number of amides is 1. The second-order valence-corrected chi connectivity index (χ2v) is 4.62. The normalized spacial score (nSPS) is 18.7. The van der Waals surface area contributed by atoms with Crippen LogP contribution in [-0.2, 0) is 4.79 Å². The SMILES string of the molecule is N#Cc1cccc(C(=O)N2CCC[C@@H](C(=O)O)C2)c1. The van der Waals surface area contributed by atoms with E-state index in [1.54, 1.807) is 23.1 Å². The molecule has 0 bridgehead atoms. The van der Waals surface area contributed by atoms with Gasteiger partial charge in [0.2, 0.25) is 0 Å². The van der Waals surface area contributed by atoms with Crippen molar-refractivity contribution in [3.63, 3.8) is 0 Å². The van der Waals surface area contributed by atoms with Crippen LogP contribution in [0, 0.1) is 17.2 Å². The van der Waals surface area contributed by atoms with Gasteiger partial charge in [0.05, 0.1) is 17.6 Å². The summed E-state index contributed by atoms with van der Waals surface area (Å²) in [5, 5.41) is 17.8. The number of hydrogen-bond donors (Lipinski definition) is 1. The first-order chi connectivity index (χ1) is 9.11. The fraction of sp³-hybridized carbons (Fsp3) is 0.357. The quantitative estimate of drug-likeness (QED) is 0.871. The van der Waals surface area contributed by atoms with Crippen LogP contribution in [0.15, 0.2) is 24.3 Å². The summed E-state index contributed by atoms with van der Waals surface area (Å²) >= 11 is 0. The number of hydrogen-bond acceptors (Lipinski definition) is 3. The molecule has 1 N–H and O–H groups in total. The Hall–Kier alpha value is -2.35. The lowest BCUT2D eigenvalue weighted by atomic mass is 9.97. The van der Waals surface area contributed by atoms with Gasteiger partial charge in [0.25, 0.3) is 5.91 Å². The van der Waals surface area contributed by atoms with Gasteiger partial charge in [-0.25, -0.2) is 0 Å². The van der Waals surface area contributed by atoms with Crippen LogP contribution in [0.1, 0.15) is 28.8 Å². The van der Waals surface area contributed by atoms with E-state index >= 15 is 0 Å². The van der Waals surface area contributed by atoms with Crippen molar-refractivity contribution in [1.82, 2.24) is 4.90 Å². The van der Waals surface area contributed by atoms with E-state index in [0.717, 1.165) is 0 Å². The number of carbonyl (C=O) groups excluding carboxylic acids is 1. The summed E-state index contributed by atoms with van der Waals surface area (Å²) in [5.74, 6) is -1.55. The summed E-state index contributed by atoms with van der Waals surface area (Å²) < 4.78 is 0. The fourth-order valence-electron chi connectivity index (χ4n) is 2.27. The van der Waals surface area contributed by atoms with Crippen LogP contribution in [-0.4, -0.2) is 35.0 Å². The Kier molecular flexibility index (Phi) is 3.81. The first-order valence-electron chi connectivity index (χ1n) is 6.14. The lowest BCUT2D eigenvalue weighted by Crippen LogP contribution is -2.42. The third kappa shape index (κ3) is 2.91. The van der Waals surface area contributed by atoms with E-state index in [4.69, 9.17) is 10.4 Å². The molecule has 0 aromatic heterocycles. The number of rotatable bonds is 2. The van der Waals surface area contributed by atoms with Crippen molar-refractivity contribution in [3.8, 4) is 6.07 Å². The molecular formula is C14H14N2O3. The zero-order valence-electron chi connectivity index (χ0n) is 10.4.